The molecule has 1 saturated carbocycles. The van der Waals surface area contributed by atoms with E-state index in [4.69, 9.17) is 0 Å². The van der Waals surface area contributed by atoms with Crippen molar-refractivity contribution in [3.05, 3.63) is 41.0 Å². The summed E-state index contributed by atoms with van der Waals surface area (Å²) in [4.78, 5) is 2.68. The Morgan fingerprint density at radius 3 is 2.74 bits per heavy atom. The van der Waals surface area contributed by atoms with Gasteiger partial charge in [-0.15, -0.1) is 0 Å². The molecule has 102 valence electrons. The lowest BCUT2D eigenvalue weighted by Crippen LogP contribution is -2.46. The molecule has 3 rings (SSSR count). The van der Waals surface area contributed by atoms with E-state index in [1.54, 1.807) is 5.57 Å². The van der Waals surface area contributed by atoms with Gasteiger partial charge < -0.3 is 0 Å². The third-order valence-electron chi connectivity index (χ3n) is 4.73. The minimum absolute atomic E-state index is 0.743. The molecule has 0 amide bonds. The van der Waals surface area contributed by atoms with Crippen molar-refractivity contribution in [2.24, 2.45) is 0 Å². The summed E-state index contributed by atoms with van der Waals surface area (Å²) in [5.74, 6) is 0. The Morgan fingerprint density at radius 2 is 2.00 bits per heavy atom. The van der Waals surface area contributed by atoms with Gasteiger partial charge in [0.05, 0.1) is 0 Å². The summed E-state index contributed by atoms with van der Waals surface area (Å²) in [5, 5.41) is 0. The van der Waals surface area contributed by atoms with Crippen LogP contribution in [-0.4, -0.2) is 24.0 Å². The van der Waals surface area contributed by atoms with Gasteiger partial charge in [-0.2, -0.15) is 0 Å². The number of benzene rings is 1. The van der Waals surface area contributed by atoms with E-state index in [1.165, 1.54) is 56.3 Å². The summed E-state index contributed by atoms with van der Waals surface area (Å²) in [5.41, 5.74) is 4.63. The van der Waals surface area contributed by atoms with Gasteiger partial charge in [0.2, 0.25) is 0 Å². The van der Waals surface area contributed by atoms with Crippen LogP contribution in [0.1, 0.15) is 50.2 Å². The van der Waals surface area contributed by atoms with Gasteiger partial charge in [0.1, 0.15) is 0 Å². The van der Waals surface area contributed by atoms with E-state index in [1.807, 2.05) is 0 Å². The second-order valence-corrected chi connectivity index (χ2v) is 5.92. The van der Waals surface area contributed by atoms with Crippen LogP contribution >= 0.6 is 0 Å². The molecule has 1 aliphatic heterocycles. The maximum atomic E-state index is 2.68. The molecular weight excluding hydrogens is 230 g/mol. The number of nitrogens with zero attached hydrogens (tertiary/aromatic N) is 1. The minimum atomic E-state index is 0.743. The standard InChI is InChI=1S/C18H25N/c1-2-15-8-3-4-9-16(15)14-17-10-5-6-11-18(17)19-12-7-13-19/h3-4,8-9,14,18H,2,5-7,10-13H2,1H3. The van der Waals surface area contributed by atoms with Crippen molar-refractivity contribution in [1.29, 1.82) is 0 Å². The molecular formula is C18H25N. The van der Waals surface area contributed by atoms with E-state index >= 15 is 0 Å². The maximum Gasteiger partial charge on any atom is 0.0310 e. The van der Waals surface area contributed by atoms with Crippen LogP contribution in [0, 0.1) is 0 Å². The lowest BCUT2D eigenvalue weighted by molar-refractivity contribution is 0.121. The molecule has 19 heavy (non-hydrogen) atoms. The van der Waals surface area contributed by atoms with Gasteiger partial charge in [-0.05, 0) is 56.3 Å². The number of hydrogen-bond donors (Lipinski definition) is 0. The molecule has 0 N–H and O–H groups in total. The normalized spacial score (nSPS) is 26.4. The largest absolute Gasteiger partial charge is 0.297 e. The van der Waals surface area contributed by atoms with Crippen LogP contribution in [0.5, 0.6) is 0 Å². The predicted octanol–water partition coefficient (Wildman–Crippen LogP) is 4.28. The molecule has 1 heterocycles. The second kappa shape index (κ2) is 5.92. The van der Waals surface area contributed by atoms with Crippen LogP contribution < -0.4 is 0 Å². The van der Waals surface area contributed by atoms with Crippen molar-refractivity contribution in [3.63, 3.8) is 0 Å². The molecule has 1 aromatic carbocycles. The fourth-order valence-electron chi connectivity index (χ4n) is 3.45. The predicted molar refractivity (Wildman–Crippen MR) is 82.2 cm³/mol. The molecule has 1 saturated heterocycles. The Labute approximate surface area is 117 Å². The van der Waals surface area contributed by atoms with Crippen LogP contribution in [0.4, 0.5) is 0 Å². The third kappa shape index (κ3) is 2.76. The Balaban J connectivity index is 1.86. The maximum absolute atomic E-state index is 2.68. The summed E-state index contributed by atoms with van der Waals surface area (Å²) < 4.78 is 0. The molecule has 1 atom stereocenters. The Hall–Kier alpha value is -1.08. The molecule has 1 nitrogen and oxygen atoms in total. The van der Waals surface area contributed by atoms with Crippen LogP contribution in [0.3, 0.4) is 0 Å². The molecule has 0 radical (unpaired) electrons. The highest BCUT2D eigenvalue weighted by Crippen LogP contribution is 2.32. The zero-order chi connectivity index (χ0) is 13.1. The van der Waals surface area contributed by atoms with Crippen molar-refractivity contribution >= 4 is 6.08 Å². The van der Waals surface area contributed by atoms with Gasteiger partial charge in [0, 0.05) is 6.04 Å². The quantitative estimate of drug-likeness (QED) is 0.779. The first-order valence-electron chi connectivity index (χ1n) is 7.91. The summed E-state index contributed by atoms with van der Waals surface area (Å²) in [6.45, 7) is 4.89. The van der Waals surface area contributed by atoms with Gasteiger partial charge in [0.25, 0.3) is 0 Å². The van der Waals surface area contributed by atoms with Crippen LogP contribution in [0.2, 0.25) is 0 Å². The van der Waals surface area contributed by atoms with Crippen molar-refractivity contribution in [3.8, 4) is 0 Å². The van der Waals surface area contributed by atoms with Crippen molar-refractivity contribution in [2.75, 3.05) is 13.1 Å². The smallest absolute Gasteiger partial charge is 0.0310 e. The molecule has 1 unspecified atom stereocenters. The van der Waals surface area contributed by atoms with E-state index in [0.717, 1.165) is 12.5 Å². The minimum Gasteiger partial charge on any atom is -0.297 e. The van der Waals surface area contributed by atoms with Crippen LogP contribution in [0.15, 0.2) is 29.8 Å². The molecule has 0 spiro atoms. The average molecular weight is 255 g/mol. The topological polar surface area (TPSA) is 3.24 Å². The monoisotopic (exact) mass is 255 g/mol. The summed E-state index contributed by atoms with van der Waals surface area (Å²) in [7, 11) is 0. The first kappa shape index (κ1) is 12.9. The second-order valence-electron chi connectivity index (χ2n) is 5.92. The van der Waals surface area contributed by atoms with E-state index < -0.39 is 0 Å². The summed E-state index contributed by atoms with van der Waals surface area (Å²) in [6.07, 6.45) is 10.5. The number of aryl methyl sites for hydroxylation is 1. The van der Waals surface area contributed by atoms with E-state index in [2.05, 4.69) is 42.2 Å². The summed E-state index contributed by atoms with van der Waals surface area (Å²) >= 11 is 0. The molecule has 1 aromatic rings. The zero-order valence-corrected chi connectivity index (χ0v) is 12.1. The number of likely N-dealkylation sites (tertiary alicyclic amines) is 1. The van der Waals surface area contributed by atoms with Crippen molar-refractivity contribution in [2.45, 2.75) is 51.5 Å². The van der Waals surface area contributed by atoms with Gasteiger partial charge in [-0.25, -0.2) is 0 Å². The fraction of sp³-hybridized carbons (Fsp3) is 0.556. The van der Waals surface area contributed by atoms with E-state index in [9.17, 15) is 0 Å². The third-order valence-corrected chi connectivity index (χ3v) is 4.73. The highest BCUT2D eigenvalue weighted by Gasteiger charge is 2.28. The van der Waals surface area contributed by atoms with Gasteiger partial charge >= 0.3 is 0 Å². The fourth-order valence-corrected chi connectivity index (χ4v) is 3.45. The van der Waals surface area contributed by atoms with Gasteiger partial charge in [0.15, 0.2) is 0 Å². The molecule has 0 aromatic heterocycles. The first-order chi connectivity index (χ1) is 9.38. The highest BCUT2D eigenvalue weighted by molar-refractivity contribution is 5.58. The lowest BCUT2D eigenvalue weighted by Gasteiger charge is -2.42. The molecule has 1 aliphatic carbocycles. The van der Waals surface area contributed by atoms with Crippen molar-refractivity contribution in [1.82, 2.24) is 4.90 Å². The van der Waals surface area contributed by atoms with Gasteiger partial charge in [-0.1, -0.05) is 49.3 Å². The molecule has 0 bridgehead atoms. The lowest BCUT2D eigenvalue weighted by atomic mass is 9.85. The molecule has 1 heteroatoms. The Bertz CT molecular complexity index is 457. The van der Waals surface area contributed by atoms with Gasteiger partial charge in [-0.3, -0.25) is 4.90 Å². The number of hydrogen-bond acceptors (Lipinski definition) is 1. The van der Waals surface area contributed by atoms with Crippen LogP contribution in [-0.2, 0) is 6.42 Å². The number of rotatable bonds is 3. The molecule has 2 fully saturated rings. The first-order valence-corrected chi connectivity index (χ1v) is 7.91. The zero-order valence-electron chi connectivity index (χ0n) is 12.1. The average Bonchev–Trinajstić information content (AvgIpc) is 2.40. The Kier molecular flexibility index (Phi) is 4.03. The van der Waals surface area contributed by atoms with E-state index in [-0.39, 0.29) is 0 Å². The Morgan fingerprint density at radius 1 is 1.16 bits per heavy atom. The highest BCUT2D eigenvalue weighted by atomic mass is 15.2. The SMILES string of the molecule is CCc1ccccc1C=C1CCCCC1N1CCC1. The van der Waals surface area contributed by atoms with Crippen LogP contribution in [0.25, 0.3) is 6.08 Å². The van der Waals surface area contributed by atoms with Crippen molar-refractivity contribution < 1.29 is 0 Å². The van der Waals surface area contributed by atoms with E-state index in [0.29, 0.717) is 0 Å². The summed E-state index contributed by atoms with van der Waals surface area (Å²) in [6, 6.07) is 9.63. The molecule has 2 aliphatic rings.